The zero-order valence-electron chi connectivity index (χ0n) is 22.3. The van der Waals surface area contributed by atoms with Crippen LogP contribution in [0.5, 0.6) is 23.0 Å². The number of ketones is 1. The molecule has 0 radical (unpaired) electrons. The van der Waals surface area contributed by atoms with Gasteiger partial charge in [0.15, 0.2) is 28.8 Å². The Morgan fingerprint density at radius 3 is 2.29 bits per heavy atom. The van der Waals surface area contributed by atoms with Gasteiger partial charge in [0, 0.05) is 36.4 Å². The minimum Gasteiger partial charge on any atom is -0.504 e. The van der Waals surface area contributed by atoms with Crippen LogP contribution in [0.2, 0.25) is 0 Å². The Morgan fingerprint density at radius 1 is 0.921 bits per heavy atom. The summed E-state index contributed by atoms with van der Waals surface area (Å²) in [6.07, 6.45) is 0.769. The van der Waals surface area contributed by atoms with E-state index in [0.717, 1.165) is 5.56 Å². The molecule has 0 bridgehead atoms. The lowest BCUT2D eigenvalue weighted by molar-refractivity contribution is -0.147. The van der Waals surface area contributed by atoms with Gasteiger partial charge in [0.25, 0.3) is 0 Å². The fraction of sp³-hybridized carbons (Fsp3) is 0.414. The second-order valence-electron chi connectivity index (χ2n) is 9.30. The first-order chi connectivity index (χ1) is 18.3. The molecule has 1 aliphatic heterocycles. The highest BCUT2D eigenvalue weighted by Crippen LogP contribution is 2.48. The first-order valence-electron chi connectivity index (χ1n) is 12.4. The molecule has 4 rings (SSSR count). The van der Waals surface area contributed by atoms with Crippen LogP contribution in [-0.2, 0) is 19.1 Å². The van der Waals surface area contributed by atoms with E-state index in [1.54, 1.807) is 33.3 Å². The standard InChI is InChI=1S/C29H33NO8/c1-16-26(29(33)38-11-10-34-2)27(18-6-8-21(31)24(15-18)36-4)28-20(30-16)12-19(13-22(28)32)17-7-9-23(35-3)25(14-17)37-5/h6-9,14-15,19,26-27,31H,10-13H2,1-5H3/t19-,26?,27+/m0/s1. The van der Waals surface area contributed by atoms with Crippen LogP contribution in [0.4, 0.5) is 0 Å². The van der Waals surface area contributed by atoms with Gasteiger partial charge in [-0.25, -0.2) is 0 Å². The number of phenols is 1. The SMILES string of the molecule is COCCOC(=O)C1C(C)=NC2=C(C(=O)C[C@@H](c3ccc(OC)c(OC)c3)C2)[C@@H]1c1ccc(O)c(OC)c1. The van der Waals surface area contributed by atoms with Crippen LogP contribution in [0.3, 0.4) is 0 Å². The molecule has 1 unspecified atom stereocenters. The Balaban J connectivity index is 1.77. The van der Waals surface area contributed by atoms with Crippen molar-refractivity contribution in [1.82, 2.24) is 0 Å². The van der Waals surface area contributed by atoms with Crippen molar-refractivity contribution in [3.8, 4) is 23.0 Å². The molecule has 0 saturated heterocycles. The molecule has 38 heavy (non-hydrogen) atoms. The van der Waals surface area contributed by atoms with E-state index in [4.69, 9.17) is 28.7 Å². The van der Waals surface area contributed by atoms with Gasteiger partial charge in [0.2, 0.25) is 0 Å². The molecular weight excluding hydrogens is 490 g/mol. The summed E-state index contributed by atoms with van der Waals surface area (Å²) in [6.45, 7) is 2.12. The molecule has 2 aliphatic rings. The number of hydrogen-bond donors (Lipinski definition) is 1. The number of aromatic hydroxyl groups is 1. The normalized spacial score (nSPS) is 20.9. The van der Waals surface area contributed by atoms with Gasteiger partial charge in [-0.3, -0.25) is 14.6 Å². The Kier molecular flexibility index (Phi) is 8.36. The maximum Gasteiger partial charge on any atom is 0.315 e. The van der Waals surface area contributed by atoms with Crippen molar-refractivity contribution in [2.45, 2.75) is 31.6 Å². The van der Waals surface area contributed by atoms with Crippen LogP contribution < -0.4 is 14.2 Å². The van der Waals surface area contributed by atoms with E-state index >= 15 is 0 Å². The zero-order chi connectivity index (χ0) is 27.4. The highest BCUT2D eigenvalue weighted by atomic mass is 16.6. The number of nitrogens with zero attached hydrogens (tertiary/aromatic N) is 1. The molecule has 9 heteroatoms. The predicted molar refractivity (Wildman–Crippen MR) is 140 cm³/mol. The maximum atomic E-state index is 13.8. The van der Waals surface area contributed by atoms with Gasteiger partial charge >= 0.3 is 5.97 Å². The molecule has 1 heterocycles. The minimum absolute atomic E-state index is 0.0330. The first-order valence-corrected chi connectivity index (χ1v) is 12.4. The third-order valence-electron chi connectivity index (χ3n) is 7.12. The molecule has 202 valence electrons. The van der Waals surface area contributed by atoms with E-state index in [2.05, 4.69) is 0 Å². The van der Waals surface area contributed by atoms with E-state index in [1.807, 2.05) is 18.2 Å². The number of esters is 1. The van der Waals surface area contributed by atoms with Crippen molar-refractivity contribution in [1.29, 1.82) is 0 Å². The summed E-state index contributed by atoms with van der Waals surface area (Å²) in [6, 6.07) is 10.5. The molecule has 0 aromatic heterocycles. The van der Waals surface area contributed by atoms with Crippen LogP contribution in [-0.4, -0.2) is 64.2 Å². The second kappa shape index (κ2) is 11.7. The van der Waals surface area contributed by atoms with Crippen LogP contribution >= 0.6 is 0 Å². The van der Waals surface area contributed by atoms with Crippen LogP contribution in [0.25, 0.3) is 0 Å². The summed E-state index contributed by atoms with van der Waals surface area (Å²) in [5.41, 5.74) is 3.31. The monoisotopic (exact) mass is 523 g/mol. The topological polar surface area (TPSA) is 113 Å². The van der Waals surface area contributed by atoms with E-state index in [0.29, 0.717) is 40.5 Å². The Bertz CT molecular complexity index is 1280. The number of phenolic OH excluding ortho intramolecular Hbond substituents is 1. The lowest BCUT2D eigenvalue weighted by Crippen LogP contribution is -2.38. The Labute approximate surface area is 222 Å². The number of aliphatic imine (C=N–C) groups is 1. The summed E-state index contributed by atoms with van der Waals surface area (Å²) in [7, 11) is 6.13. The number of ether oxygens (including phenoxy) is 5. The van der Waals surface area contributed by atoms with Gasteiger partial charge in [-0.15, -0.1) is 0 Å². The molecule has 0 saturated carbocycles. The molecule has 2 aromatic carbocycles. The number of allylic oxidation sites excluding steroid dienone is 2. The molecule has 0 amide bonds. The van der Waals surface area contributed by atoms with Gasteiger partial charge < -0.3 is 28.8 Å². The van der Waals surface area contributed by atoms with Gasteiger partial charge in [0.05, 0.1) is 27.9 Å². The van der Waals surface area contributed by atoms with Crippen LogP contribution in [0.15, 0.2) is 52.7 Å². The number of benzene rings is 2. The number of rotatable bonds is 9. The quantitative estimate of drug-likeness (QED) is 0.385. The zero-order valence-corrected chi connectivity index (χ0v) is 22.3. The highest BCUT2D eigenvalue weighted by molar-refractivity contribution is 6.09. The van der Waals surface area contributed by atoms with Crippen LogP contribution in [0, 0.1) is 5.92 Å². The van der Waals surface area contributed by atoms with E-state index in [1.165, 1.54) is 20.3 Å². The van der Waals surface area contributed by atoms with Gasteiger partial charge in [0.1, 0.15) is 12.5 Å². The highest BCUT2D eigenvalue weighted by Gasteiger charge is 2.45. The average molecular weight is 524 g/mol. The fourth-order valence-corrected chi connectivity index (χ4v) is 5.27. The largest absolute Gasteiger partial charge is 0.504 e. The minimum atomic E-state index is -0.804. The molecular formula is C29H33NO8. The fourth-order valence-electron chi connectivity index (χ4n) is 5.27. The number of carbonyl (C=O) groups excluding carboxylic acids is 2. The first kappa shape index (κ1) is 27.2. The smallest absolute Gasteiger partial charge is 0.315 e. The van der Waals surface area contributed by atoms with Gasteiger partial charge in [-0.2, -0.15) is 0 Å². The van der Waals surface area contributed by atoms with Gasteiger partial charge in [-0.1, -0.05) is 12.1 Å². The summed E-state index contributed by atoms with van der Waals surface area (Å²) < 4.78 is 26.6. The number of hydrogen-bond acceptors (Lipinski definition) is 9. The molecule has 0 fully saturated rings. The van der Waals surface area contributed by atoms with Crippen molar-refractivity contribution < 1.29 is 38.4 Å². The van der Waals surface area contributed by atoms with Crippen molar-refractivity contribution >= 4 is 17.5 Å². The predicted octanol–water partition coefficient (Wildman–Crippen LogP) is 4.18. The molecule has 2 aromatic rings. The number of carbonyl (C=O) groups is 2. The van der Waals surface area contributed by atoms with Crippen molar-refractivity contribution in [3.63, 3.8) is 0 Å². The molecule has 1 aliphatic carbocycles. The van der Waals surface area contributed by atoms with Crippen molar-refractivity contribution in [2.24, 2.45) is 10.9 Å². The maximum absolute atomic E-state index is 13.8. The number of methoxy groups -OCH3 is 4. The Hall–Kier alpha value is -3.85. The summed E-state index contributed by atoms with van der Waals surface area (Å²) in [4.78, 5) is 31.9. The third-order valence-corrected chi connectivity index (χ3v) is 7.12. The van der Waals surface area contributed by atoms with Crippen molar-refractivity contribution in [3.05, 3.63) is 58.8 Å². The lowest BCUT2D eigenvalue weighted by atomic mass is 9.69. The molecule has 9 nitrogen and oxygen atoms in total. The Morgan fingerprint density at radius 2 is 1.61 bits per heavy atom. The summed E-state index contributed by atoms with van der Waals surface area (Å²) >= 11 is 0. The second-order valence-corrected chi connectivity index (χ2v) is 9.30. The number of Topliss-reactive ketones (excluding diaryl/α,β-unsaturated/α-hetero) is 1. The third kappa shape index (κ3) is 5.24. The van der Waals surface area contributed by atoms with Crippen LogP contribution in [0.1, 0.15) is 42.7 Å². The van der Waals surface area contributed by atoms with Crippen molar-refractivity contribution in [2.75, 3.05) is 41.7 Å². The summed E-state index contributed by atoms with van der Waals surface area (Å²) in [5.74, 6) is -0.701. The molecule has 1 N–H and O–H groups in total. The van der Waals surface area contributed by atoms with E-state index in [9.17, 15) is 14.7 Å². The van der Waals surface area contributed by atoms with E-state index < -0.39 is 17.8 Å². The summed E-state index contributed by atoms with van der Waals surface area (Å²) in [5, 5.41) is 10.2. The average Bonchev–Trinajstić information content (AvgIpc) is 2.92. The molecule has 3 atom stereocenters. The van der Waals surface area contributed by atoms with E-state index in [-0.39, 0.29) is 42.8 Å². The molecule has 0 spiro atoms. The lowest BCUT2D eigenvalue weighted by Gasteiger charge is -2.36. The van der Waals surface area contributed by atoms with Gasteiger partial charge in [-0.05, 0) is 54.7 Å².